The maximum Gasteiger partial charge on any atom is 0.237 e. The number of rotatable bonds is 6. The molecule has 1 atom stereocenters. The molecule has 104 valence electrons. The smallest absolute Gasteiger partial charge is 0.237 e. The van der Waals surface area contributed by atoms with E-state index in [-0.39, 0.29) is 11.9 Å². The molecule has 1 aromatic rings. The summed E-state index contributed by atoms with van der Waals surface area (Å²) in [6, 6.07) is 8.26. The third-order valence-corrected chi connectivity index (χ3v) is 4.17. The van der Waals surface area contributed by atoms with Gasteiger partial charge in [0.1, 0.15) is 0 Å². The molecule has 1 heterocycles. The molecule has 2 rings (SSSR count). The van der Waals surface area contributed by atoms with E-state index in [1.807, 2.05) is 23.9 Å². The number of amides is 1. The molecule has 0 fully saturated rings. The number of carbonyl (C=O) groups is 1. The van der Waals surface area contributed by atoms with Crippen molar-refractivity contribution in [2.45, 2.75) is 31.8 Å². The summed E-state index contributed by atoms with van der Waals surface area (Å²) in [5.41, 5.74) is 2.61. The fourth-order valence-corrected chi connectivity index (χ4v) is 2.84. The van der Waals surface area contributed by atoms with Gasteiger partial charge in [-0.05, 0) is 42.4 Å². The van der Waals surface area contributed by atoms with E-state index in [9.17, 15) is 4.79 Å². The molecule has 2 N–H and O–H groups in total. The van der Waals surface area contributed by atoms with Gasteiger partial charge >= 0.3 is 0 Å². The fraction of sp³-hybridized carbons (Fsp3) is 0.533. The van der Waals surface area contributed by atoms with E-state index < -0.39 is 0 Å². The second-order valence-corrected chi connectivity index (χ2v) is 5.88. The van der Waals surface area contributed by atoms with Crippen LogP contribution in [0.25, 0.3) is 0 Å². The number of unbranched alkanes of at least 4 members (excludes halogenated alkanes) is 1. The highest BCUT2D eigenvalue weighted by molar-refractivity contribution is 7.98. The van der Waals surface area contributed by atoms with Crippen molar-refractivity contribution >= 4 is 17.7 Å². The average Bonchev–Trinajstić information content (AvgIpc) is 2.46. The van der Waals surface area contributed by atoms with Crippen LogP contribution >= 0.6 is 11.8 Å². The maximum atomic E-state index is 12.1. The zero-order chi connectivity index (χ0) is 13.5. The first kappa shape index (κ1) is 14.4. The third-order valence-electron chi connectivity index (χ3n) is 3.47. The van der Waals surface area contributed by atoms with Crippen molar-refractivity contribution < 1.29 is 4.79 Å². The Bertz CT molecular complexity index is 422. The van der Waals surface area contributed by atoms with Gasteiger partial charge in [0.25, 0.3) is 0 Å². The largest absolute Gasteiger partial charge is 0.355 e. The fourth-order valence-electron chi connectivity index (χ4n) is 2.35. The number of nitrogens with one attached hydrogen (secondary N) is 2. The van der Waals surface area contributed by atoms with Crippen LogP contribution < -0.4 is 10.6 Å². The number of hydrogen-bond acceptors (Lipinski definition) is 3. The number of fused-ring (bicyclic) bond motifs is 1. The lowest BCUT2D eigenvalue weighted by atomic mass is 9.95. The summed E-state index contributed by atoms with van der Waals surface area (Å²) in [7, 11) is 0. The Balaban J connectivity index is 1.76. The highest BCUT2D eigenvalue weighted by Gasteiger charge is 2.23. The van der Waals surface area contributed by atoms with E-state index in [2.05, 4.69) is 29.0 Å². The van der Waals surface area contributed by atoms with E-state index in [1.54, 1.807) is 0 Å². The van der Waals surface area contributed by atoms with Gasteiger partial charge < -0.3 is 10.6 Å². The zero-order valence-electron chi connectivity index (χ0n) is 11.4. The molecule has 0 aromatic heterocycles. The molecular weight excluding hydrogens is 256 g/mol. The Morgan fingerprint density at radius 3 is 2.95 bits per heavy atom. The van der Waals surface area contributed by atoms with Gasteiger partial charge in [0.15, 0.2) is 0 Å². The molecule has 1 amide bonds. The lowest BCUT2D eigenvalue weighted by Crippen LogP contribution is -2.47. The lowest BCUT2D eigenvalue weighted by molar-refractivity contribution is -0.123. The Hall–Kier alpha value is -1.00. The average molecular weight is 278 g/mol. The number of carbonyl (C=O) groups excluding carboxylic acids is 1. The third kappa shape index (κ3) is 4.25. The molecule has 0 bridgehead atoms. The van der Waals surface area contributed by atoms with Gasteiger partial charge in [0.05, 0.1) is 6.04 Å². The molecule has 1 aromatic carbocycles. The second kappa shape index (κ2) is 7.56. The van der Waals surface area contributed by atoms with Gasteiger partial charge in [-0.2, -0.15) is 11.8 Å². The van der Waals surface area contributed by atoms with Crippen LogP contribution in [0.1, 0.15) is 24.0 Å². The van der Waals surface area contributed by atoms with E-state index in [4.69, 9.17) is 0 Å². The molecule has 4 heteroatoms. The summed E-state index contributed by atoms with van der Waals surface area (Å²) in [6.07, 6.45) is 5.15. The van der Waals surface area contributed by atoms with Crippen LogP contribution in [0.2, 0.25) is 0 Å². The van der Waals surface area contributed by atoms with Crippen LogP contribution in [-0.2, 0) is 17.8 Å². The van der Waals surface area contributed by atoms with Crippen molar-refractivity contribution in [3.05, 3.63) is 35.4 Å². The van der Waals surface area contributed by atoms with Crippen LogP contribution in [-0.4, -0.2) is 30.5 Å². The Labute approximate surface area is 119 Å². The normalized spacial score (nSPS) is 17.8. The molecule has 1 aliphatic rings. The van der Waals surface area contributed by atoms with E-state index in [1.165, 1.54) is 23.3 Å². The van der Waals surface area contributed by atoms with Gasteiger partial charge in [0.2, 0.25) is 5.91 Å². The molecular formula is C15H22N2OS. The number of hydrogen-bond donors (Lipinski definition) is 2. The van der Waals surface area contributed by atoms with E-state index in [0.717, 1.165) is 25.9 Å². The van der Waals surface area contributed by atoms with Crippen LogP contribution in [0.15, 0.2) is 24.3 Å². The quantitative estimate of drug-likeness (QED) is 0.782. The van der Waals surface area contributed by atoms with Crippen molar-refractivity contribution in [3.63, 3.8) is 0 Å². The van der Waals surface area contributed by atoms with Gasteiger partial charge in [0, 0.05) is 13.1 Å². The predicted molar refractivity (Wildman–Crippen MR) is 81.4 cm³/mol. The Kier molecular flexibility index (Phi) is 5.73. The number of thioether (sulfide) groups is 1. The Morgan fingerprint density at radius 1 is 1.37 bits per heavy atom. The SMILES string of the molecule is CSCCCCNC(=O)C1Cc2ccccc2CN1. The Morgan fingerprint density at radius 2 is 2.16 bits per heavy atom. The second-order valence-electron chi connectivity index (χ2n) is 4.90. The first-order valence-corrected chi connectivity index (χ1v) is 8.27. The van der Waals surface area contributed by atoms with Crippen LogP contribution in [0, 0.1) is 0 Å². The molecule has 3 nitrogen and oxygen atoms in total. The van der Waals surface area contributed by atoms with Crippen LogP contribution in [0.3, 0.4) is 0 Å². The summed E-state index contributed by atoms with van der Waals surface area (Å²) in [6.45, 7) is 1.58. The van der Waals surface area contributed by atoms with Crippen molar-refractivity contribution in [1.29, 1.82) is 0 Å². The molecule has 19 heavy (non-hydrogen) atoms. The van der Waals surface area contributed by atoms with Crippen molar-refractivity contribution in [2.75, 3.05) is 18.6 Å². The highest BCUT2D eigenvalue weighted by atomic mass is 32.2. The highest BCUT2D eigenvalue weighted by Crippen LogP contribution is 2.16. The van der Waals surface area contributed by atoms with Crippen molar-refractivity contribution in [1.82, 2.24) is 10.6 Å². The molecule has 0 radical (unpaired) electrons. The molecule has 0 aliphatic carbocycles. The predicted octanol–water partition coefficient (Wildman–Crippen LogP) is 1.96. The number of benzene rings is 1. The molecule has 0 saturated heterocycles. The maximum absolute atomic E-state index is 12.1. The first-order valence-electron chi connectivity index (χ1n) is 6.88. The topological polar surface area (TPSA) is 41.1 Å². The molecule has 1 aliphatic heterocycles. The van der Waals surface area contributed by atoms with E-state index in [0.29, 0.717) is 0 Å². The van der Waals surface area contributed by atoms with Gasteiger partial charge in [-0.25, -0.2) is 0 Å². The summed E-state index contributed by atoms with van der Waals surface area (Å²) >= 11 is 1.86. The van der Waals surface area contributed by atoms with Gasteiger partial charge in [-0.1, -0.05) is 24.3 Å². The van der Waals surface area contributed by atoms with Crippen molar-refractivity contribution in [3.8, 4) is 0 Å². The minimum Gasteiger partial charge on any atom is -0.355 e. The summed E-state index contributed by atoms with van der Waals surface area (Å²) in [5.74, 6) is 1.31. The lowest BCUT2D eigenvalue weighted by Gasteiger charge is -2.25. The first-order chi connectivity index (χ1) is 9.31. The minimum atomic E-state index is -0.0737. The van der Waals surface area contributed by atoms with Crippen LogP contribution in [0.4, 0.5) is 0 Å². The summed E-state index contributed by atoms with van der Waals surface area (Å²) in [4.78, 5) is 12.1. The molecule has 1 unspecified atom stereocenters. The summed E-state index contributed by atoms with van der Waals surface area (Å²) < 4.78 is 0. The van der Waals surface area contributed by atoms with Crippen molar-refractivity contribution in [2.24, 2.45) is 0 Å². The minimum absolute atomic E-state index is 0.0737. The van der Waals surface area contributed by atoms with Gasteiger partial charge in [-0.15, -0.1) is 0 Å². The molecule has 0 spiro atoms. The monoisotopic (exact) mass is 278 g/mol. The summed E-state index contributed by atoms with van der Waals surface area (Å²) in [5, 5.41) is 6.34. The van der Waals surface area contributed by atoms with Gasteiger partial charge in [-0.3, -0.25) is 4.79 Å². The molecule has 0 saturated carbocycles. The standard InChI is InChI=1S/C15H22N2OS/c1-19-9-5-4-8-16-15(18)14-10-12-6-2-3-7-13(12)11-17-14/h2-3,6-7,14,17H,4-5,8-11H2,1H3,(H,16,18). The zero-order valence-corrected chi connectivity index (χ0v) is 12.3. The van der Waals surface area contributed by atoms with Crippen LogP contribution in [0.5, 0.6) is 0 Å². The van der Waals surface area contributed by atoms with E-state index >= 15 is 0 Å².